The third-order valence-electron chi connectivity index (χ3n) is 6.44. The van der Waals surface area contributed by atoms with Crippen molar-refractivity contribution < 1.29 is 19.0 Å². The van der Waals surface area contributed by atoms with Crippen molar-refractivity contribution in [2.24, 2.45) is 0 Å². The Labute approximate surface area is 206 Å². The Morgan fingerprint density at radius 1 is 0.917 bits per heavy atom. The van der Waals surface area contributed by atoms with Crippen molar-refractivity contribution in [1.82, 2.24) is 9.55 Å². The van der Waals surface area contributed by atoms with Gasteiger partial charge >= 0.3 is 5.69 Å². The number of ether oxygens (including phenoxy) is 2. The van der Waals surface area contributed by atoms with Gasteiger partial charge in [0.05, 0.1) is 18.9 Å². The Balaban J connectivity index is 1.50. The molecule has 4 aromatic rings. The summed E-state index contributed by atoms with van der Waals surface area (Å²) in [5.41, 5.74) is -0.243. The van der Waals surface area contributed by atoms with Gasteiger partial charge in [-0.15, -0.1) is 0 Å². The van der Waals surface area contributed by atoms with E-state index in [-0.39, 0.29) is 13.0 Å². The summed E-state index contributed by atoms with van der Waals surface area (Å²) in [6.07, 6.45) is -1.89. The normalized spacial score (nSPS) is 19.9. The Morgan fingerprint density at radius 2 is 1.42 bits per heavy atom. The first-order valence-corrected chi connectivity index (χ1v) is 11.6. The summed E-state index contributed by atoms with van der Waals surface area (Å²) in [7, 11) is 0. The molecule has 0 bridgehead atoms. The second-order valence-electron chi connectivity index (χ2n) is 8.67. The Hall–Kier alpha value is -3.85. The molecule has 36 heavy (non-hydrogen) atoms. The van der Waals surface area contributed by atoms with Crippen molar-refractivity contribution in [1.29, 1.82) is 0 Å². The minimum Gasteiger partial charge on any atom is -0.390 e. The number of aromatic nitrogens is 2. The lowest BCUT2D eigenvalue weighted by atomic mass is 9.80. The molecule has 0 radical (unpaired) electrons. The summed E-state index contributed by atoms with van der Waals surface area (Å²) < 4.78 is 27.4. The van der Waals surface area contributed by atoms with E-state index in [0.717, 1.165) is 27.5 Å². The Bertz CT molecular complexity index is 1330. The van der Waals surface area contributed by atoms with Crippen molar-refractivity contribution in [2.75, 3.05) is 6.61 Å². The average Bonchev–Trinajstić information content (AvgIpc) is 3.28. The molecular formula is C28H25FN2O5. The van der Waals surface area contributed by atoms with E-state index in [1.165, 1.54) is 0 Å². The number of aliphatic hydroxyl groups excluding tert-OH is 1. The lowest BCUT2D eigenvalue weighted by molar-refractivity contribution is -0.0945. The quantitative estimate of drug-likeness (QED) is 0.389. The zero-order chi connectivity index (χ0) is 25.1. The third kappa shape index (κ3) is 4.42. The fourth-order valence-corrected chi connectivity index (χ4v) is 4.69. The van der Waals surface area contributed by atoms with E-state index in [1.54, 1.807) is 0 Å². The van der Waals surface area contributed by atoms with E-state index >= 15 is 0 Å². The first-order valence-electron chi connectivity index (χ1n) is 11.6. The number of nitrogens with zero attached hydrogens (tertiary/aromatic N) is 1. The van der Waals surface area contributed by atoms with Crippen LogP contribution in [0.25, 0.3) is 0 Å². The van der Waals surface area contributed by atoms with Crippen LogP contribution in [-0.4, -0.2) is 33.5 Å². The van der Waals surface area contributed by atoms with E-state index in [2.05, 4.69) is 0 Å². The van der Waals surface area contributed by atoms with Gasteiger partial charge in [0.2, 0.25) is 5.82 Å². The molecule has 0 saturated carbocycles. The summed E-state index contributed by atoms with van der Waals surface area (Å²) in [5.74, 6) is -1.11. The lowest BCUT2D eigenvalue weighted by Gasteiger charge is -2.37. The SMILES string of the molecule is O=c1[nH]c(=O)n([C@H]2C[C@@H](O)[C@H](COC(c3ccccc3)(c3ccccc3)c3ccccc3)O2)cc1F. The molecule has 0 unspecified atom stereocenters. The number of hydrogen-bond donors (Lipinski definition) is 2. The molecule has 0 spiro atoms. The van der Waals surface area contributed by atoms with E-state index in [1.807, 2.05) is 96.0 Å². The fraction of sp³-hybridized carbons (Fsp3) is 0.214. The van der Waals surface area contributed by atoms with Gasteiger partial charge in [-0.25, -0.2) is 4.79 Å². The maximum Gasteiger partial charge on any atom is 0.330 e. The number of aromatic amines is 1. The zero-order valence-corrected chi connectivity index (χ0v) is 19.3. The molecule has 7 nitrogen and oxygen atoms in total. The van der Waals surface area contributed by atoms with Crippen molar-refractivity contribution in [3.63, 3.8) is 0 Å². The lowest BCUT2D eigenvalue weighted by Crippen LogP contribution is -2.38. The number of halogens is 1. The minimum absolute atomic E-state index is 0.0169. The first kappa shape index (κ1) is 23.9. The molecule has 1 fully saturated rings. The van der Waals surface area contributed by atoms with Crippen LogP contribution in [0.2, 0.25) is 0 Å². The monoisotopic (exact) mass is 488 g/mol. The van der Waals surface area contributed by atoms with Gasteiger partial charge in [-0.05, 0) is 16.7 Å². The van der Waals surface area contributed by atoms with Gasteiger partial charge in [0.1, 0.15) is 17.9 Å². The predicted octanol–water partition coefficient (Wildman–Crippen LogP) is 3.33. The maximum absolute atomic E-state index is 13.8. The molecule has 3 atom stereocenters. The highest BCUT2D eigenvalue weighted by atomic mass is 19.1. The van der Waals surface area contributed by atoms with Crippen LogP contribution in [0.4, 0.5) is 4.39 Å². The van der Waals surface area contributed by atoms with Gasteiger partial charge < -0.3 is 14.6 Å². The van der Waals surface area contributed by atoms with Crippen LogP contribution in [0.5, 0.6) is 0 Å². The van der Waals surface area contributed by atoms with Crippen LogP contribution < -0.4 is 11.2 Å². The number of benzene rings is 3. The number of aliphatic hydroxyl groups is 1. The summed E-state index contributed by atoms with van der Waals surface area (Å²) in [6, 6.07) is 29.3. The van der Waals surface area contributed by atoms with Gasteiger partial charge in [-0.2, -0.15) is 4.39 Å². The standard InChI is InChI=1S/C28H25FN2O5/c29-22-17-31(27(34)30-26(22)33)25-16-23(32)24(36-25)18-35-28(19-10-4-1-5-11-19,20-12-6-2-7-13-20)21-14-8-3-9-15-21/h1-15,17,23-25,32H,16,18H2,(H,30,33,34)/t23-,24+,25-/m1/s1. The van der Waals surface area contributed by atoms with Crippen LogP contribution >= 0.6 is 0 Å². The Kier molecular flexibility index (Phi) is 6.65. The van der Waals surface area contributed by atoms with Crippen LogP contribution in [-0.2, 0) is 15.1 Å². The molecule has 1 aliphatic heterocycles. The van der Waals surface area contributed by atoms with Gasteiger partial charge in [0.15, 0.2) is 0 Å². The molecule has 1 saturated heterocycles. The summed E-state index contributed by atoms with van der Waals surface area (Å²) in [5, 5.41) is 10.8. The first-order chi connectivity index (χ1) is 17.5. The molecule has 0 aliphatic carbocycles. The van der Waals surface area contributed by atoms with Gasteiger partial charge in [0.25, 0.3) is 5.56 Å². The van der Waals surface area contributed by atoms with Crippen molar-refractivity contribution in [3.05, 3.63) is 141 Å². The minimum atomic E-state index is -1.11. The zero-order valence-electron chi connectivity index (χ0n) is 19.3. The second kappa shape index (κ2) is 10.0. The fourth-order valence-electron chi connectivity index (χ4n) is 4.69. The highest BCUT2D eigenvalue weighted by molar-refractivity contribution is 5.47. The predicted molar refractivity (Wildman–Crippen MR) is 131 cm³/mol. The third-order valence-corrected chi connectivity index (χ3v) is 6.44. The number of hydrogen-bond acceptors (Lipinski definition) is 5. The Morgan fingerprint density at radius 3 is 1.92 bits per heavy atom. The molecule has 8 heteroatoms. The maximum atomic E-state index is 13.8. The molecule has 1 aliphatic rings. The molecule has 5 rings (SSSR count). The van der Waals surface area contributed by atoms with Crippen molar-refractivity contribution >= 4 is 0 Å². The highest BCUT2D eigenvalue weighted by Gasteiger charge is 2.42. The van der Waals surface area contributed by atoms with E-state index in [9.17, 15) is 19.1 Å². The van der Waals surface area contributed by atoms with E-state index < -0.39 is 41.1 Å². The van der Waals surface area contributed by atoms with Crippen LogP contribution in [0.3, 0.4) is 0 Å². The molecule has 2 N–H and O–H groups in total. The molecule has 184 valence electrons. The van der Waals surface area contributed by atoms with Gasteiger partial charge in [0, 0.05) is 6.42 Å². The molecule has 1 aromatic heterocycles. The van der Waals surface area contributed by atoms with Gasteiger partial charge in [-0.1, -0.05) is 91.0 Å². The second-order valence-corrected chi connectivity index (χ2v) is 8.67. The van der Waals surface area contributed by atoms with E-state index in [0.29, 0.717) is 0 Å². The summed E-state index contributed by atoms with van der Waals surface area (Å²) in [6.45, 7) is -0.0169. The molecule has 2 heterocycles. The summed E-state index contributed by atoms with van der Waals surface area (Å²) >= 11 is 0. The number of H-pyrrole nitrogens is 1. The number of rotatable bonds is 7. The molecular weight excluding hydrogens is 463 g/mol. The topological polar surface area (TPSA) is 93.6 Å². The van der Waals surface area contributed by atoms with Crippen molar-refractivity contribution in [2.45, 2.75) is 30.5 Å². The van der Waals surface area contributed by atoms with Crippen molar-refractivity contribution in [3.8, 4) is 0 Å². The van der Waals surface area contributed by atoms with Crippen LogP contribution in [0.15, 0.2) is 107 Å². The molecule has 3 aromatic carbocycles. The van der Waals surface area contributed by atoms with E-state index in [4.69, 9.17) is 9.47 Å². The largest absolute Gasteiger partial charge is 0.390 e. The van der Waals surface area contributed by atoms with Crippen LogP contribution in [0, 0.1) is 5.82 Å². The summed E-state index contributed by atoms with van der Waals surface area (Å²) in [4.78, 5) is 25.5. The highest BCUT2D eigenvalue weighted by Crippen LogP contribution is 2.41. The van der Waals surface area contributed by atoms with Gasteiger partial charge in [-0.3, -0.25) is 14.3 Å². The molecule has 0 amide bonds. The average molecular weight is 489 g/mol. The number of nitrogens with one attached hydrogen (secondary N) is 1. The van der Waals surface area contributed by atoms with Crippen LogP contribution in [0.1, 0.15) is 29.3 Å². The smallest absolute Gasteiger partial charge is 0.330 e.